The molecular weight excluding hydrogens is 224 g/mol. The third-order valence-electron chi connectivity index (χ3n) is 2.94. The van der Waals surface area contributed by atoms with Crippen molar-refractivity contribution in [3.8, 4) is 0 Å². The summed E-state index contributed by atoms with van der Waals surface area (Å²) in [7, 11) is 1.77. The summed E-state index contributed by atoms with van der Waals surface area (Å²) >= 11 is 0. The molecule has 0 bridgehead atoms. The second kappa shape index (κ2) is 5.45. The van der Waals surface area contributed by atoms with Crippen LogP contribution in [0.3, 0.4) is 0 Å². The molecule has 0 radical (unpaired) electrons. The molecule has 0 N–H and O–H groups in total. The fourth-order valence-electron chi connectivity index (χ4n) is 1.80. The number of carbonyl (C=O) groups excluding carboxylic acids is 1. The van der Waals surface area contributed by atoms with Crippen molar-refractivity contribution in [2.45, 2.75) is 13.3 Å². The van der Waals surface area contributed by atoms with Gasteiger partial charge in [-0.1, -0.05) is 19.1 Å². The van der Waals surface area contributed by atoms with E-state index in [1.807, 2.05) is 36.4 Å². The summed E-state index contributed by atoms with van der Waals surface area (Å²) < 4.78 is 0. The lowest BCUT2D eigenvalue weighted by Gasteiger charge is -2.17. The summed E-state index contributed by atoms with van der Waals surface area (Å²) in [6.45, 7) is 2.08. The monoisotopic (exact) mass is 240 g/mol. The third-order valence-corrected chi connectivity index (χ3v) is 2.94. The van der Waals surface area contributed by atoms with Gasteiger partial charge in [-0.3, -0.25) is 9.78 Å². The largest absolute Gasteiger partial charge is 0.311 e. The highest BCUT2D eigenvalue weighted by Gasteiger charge is 2.13. The molecule has 1 aromatic carbocycles. The predicted octanol–water partition coefficient (Wildman–Crippen LogP) is 2.92. The summed E-state index contributed by atoms with van der Waals surface area (Å²) in [6, 6.07) is 11.4. The van der Waals surface area contributed by atoms with Crippen molar-refractivity contribution in [2.75, 3.05) is 11.9 Å². The highest BCUT2D eigenvalue weighted by molar-refractivity contribution is 6.05. The van der Waals surface area contributed by atoms with E-state index in [4.69, 9.17) is 0 Å². The molecule has 0 aliphatic rings. The van der Waals surface area contributed by atoms with E-state index >= 15 is 0 Å². The normalized spacial score (nSPS) is 10.1. The van der Waals surface area contributed by atoms with E-state index in [-0.39, 0.29) is 5.91 Å². The lowest BCUT2D eigenvalue weighted by atomic mass is 10.1. The first-order valence-electron chi connectivity index (χ1n) is 5.99. The number of pyridine rings is 1. The molecule has 3 heteroatoms. The molecule has 0 spiro atoms. The van der Waals surface area contributed by atoms with Crippen molar-refractivity contribution >= 4 is 11.6 Å². The second-order valence-electron chi connectivity index (χ2n) is 4.12. The average Bonchev–Trinajstić information content (AvgIpc) is 2.46. The van der Waals surface area contributed by atoms with Crippen molar-refractivity contribution in [3.63, 3.8) is 0 Å². The van der Waals surface area contributed by atoms with Crippen LogP contribution in [-0.4, -0.2) is 17.9 Å². The lowest BCUT2D eigenvalue weighted by molar-refractivity contribution is 0.0993. The van der Waals surface area contributed by atoms with E-state index in [1.165, 1.54) is 5.56 Å². The number of aryl methyl sites for hydroxylation is 1. The minimum absolute atomic E-state index is 0.00324. The van der Waals surface area contributed by atoms with E-state index in [1.54, 1.807) is 24.3 Å². The molecule has 0 unspecified atom stereocenters. The third kappa shape index (κ3) is 2.56. The topological polar surface area (TPSA) is 33.2 Å². The Labute approximate surface area is 107 Å². The van der Waals surface area contributed by atoms with E-state index in [0.29, 0.717) is 5.56 Å². The Kier molecular flexibility index (Phi) is 3.72. The Morgan fingerprint density at radius 1 is 1.22 bits per heavy atom. The van der Waals surface area contributed by atoms with Crippen molar-refractivity contribution in [1.82, 2.24) is 4.98 Å². The summed E-state index contributed by atoms with van der Waals surface area (Å²) in [5, 5.41) is 0. The minimum atomic E-state index is -0.00324. The molecule has 1 amide bonds. The number of amides is 1. The second-order valence-corrected chi connectivity index (χ2v) is 4.12. The number of rotatable bonds is 3. The molecule has 0 saturated carbocycles. The number of anilines is 1. The van der Waals surface area contributed by atoms with E-state index in [0.717, 1.165) is 12.1 Å². The number of hydrogen-bond acceptors (Lipinski definition) is 2. The van der Waals surface area contributed by atoms with Gasteiger partial charge in [-0.2, -0.15) is 0 Å². The number of nitrogens with zero attached hydrogens (tertiary/aromatic N) is 2. The van der Waals surface area contributed by atoms with Crippen molar-refractivity contribution in [2.24, 2.45) is 0 Å². The van der Waals surface area contributed by atoms with Crippen LogP contribution >= 0.6 is 0 Å². The molecule has 3 nitrogen and oxygen atoms in total. The highest BCUT2D eigenvalue weighted by atomic mass is 16.2. The number of benzene rings is 1. The average molecular weight is 240 g/mol. The first-order valence-corrected chi connectivity index (χ1v) is 5.99. The molecule has 1 heterocycles. The first kappa shape index (κ1) is 12.3. The van der Waals surface area contributed by atoms with Crippen LogP contribution in [0.25, 0.3) is 0 Å². The van der Waals surface area contributed by atoms with Gasteiger partial charge in [-0.25, -0.2) is 0 Å². The van der Waals surface area contributed by atoms with Crippen LogP contribution in [0, 0.1) is 0 Å². The van der Waals surface area contributed by atoms with Gasteiger partial charge < -0.3 is 4.90 Å². The van der Waals surface area contributed by atoms with Crippen LogP contribution in [0.2, 0.25) is 0 Å². The Bertz CT molecular complexity index is 537. The fourth-order valence-corrected chi connectivity index (χ4v) is 1.80. The highest BCUT2D eigenvalue weighted by Crippen LogP contribution is 2.15. The molecular formula is C15H16N2O. The lowest BCUT2D eigenvalue weighted by Crippen LogP contribution is -2.26. The van der Waals surface area contributed by atoms with Gasteiger partial charge in [0.15, 0.2) is 0 Å². The minimum Gasteiger partial charge on any atom is -0.311 e. The maximum Gasteiger partial charge on any atom is 0.258 e. The zero-order valence-corrected chi connectivity index (χ0v) is 10.6. The van der Waals surface area contributed by atoms with Crippen LogP contribution in [0.15, 0.2) is 48.8 Å². The Balaban J connectivity index is 2.25. The van der Waals surface area contributed by atoms with Gasteiger partial charge in [-0.05, 0) is 36.2 Å². The van der Waals surface area contributed by atoms with Gasteiger partial charge >= 0.3 is 0 Å². The number of aromatic nitrogens is 1. The van der Waals surface area contributed by atoms with Gasteiger partial charge in [0.05, 0.1) is 0 Å². The molecule has 0 aliphatic carbocycles. The van der Waals surface area contributed by atoms with E-state index in [9.17, 15) is 4.79 Å². The van der Waals surface area contributed by atoms with Crippen LogP contribution in [0.1, 0.15) is 22.8 Å². The quantitative estimate of drug-likeness (QED) is 0.826. The molecule has 1 aromatic heterocycles. The summed E-state index contributed by atoms with van der Waals surface area (Å²) in [5.41, 5.74) is 2.73. The van der Waals surface area contributed by atoms with Crippen LogP contribution in [0.4, 0.5) is 5.69 Å². The standard InChI is InChI=1S/C15H16N2O/c1-3-12-5-4-6-13(11-12)15(18)17(2)14-7-9-16-10-8-14/h4-11H,3H2,1-2H3. The van der Waals surface area contributed by atoms with E-state index in [2.05, 4.69) is 11.9 Å². The predicted molar refractivity (Wildman–Crippen MR) is 72.8 cm³/mol. The van der Waals surface area contributed by atoms with Gasteiger partial charge in [0.1, 0.15) is 0 Å². The zero-order chi connectivity index (χ0) is 13.0. The molecule has 0 atom stereocenters. The Morgan fingerprint density at radius 2 is 1.94 bits per heavy atom. The van der Waals surface area contributed by atoms with Crippen LogP contribution < -0.4 is 4.90 Å². The first-order chi connectivity index (χ1) is 8.72. The smallest absolute Gasteiger partial charge is 0.258 e. The molecule has 0 saturated heterocycles. The van der Waals surface area contributed by atoms with Crippen LogP contribution in [-0.2, 0) is 6.42 Å². The zero-order valence-electron chi connectivity index (χ0n) is 10.6. The van der Waals surface area contributed by atoms with Gasteiger partial charge in [0, 0.05) is 30.7 Å². The molecule has 0 fully saturated rings. The van der Waals surface area contributed by atoms with Crippen LogP contribution in [0.5, 0.6) is 0 Å². The molecule has 2 aromatic rings. The summed E-state index contributed by atoms with van der Waals surface area (Å²) in [6.07, 6.45) is 4.29. The SMILES string of the molecule is CCc1cccc(C(=O)N(C)c2ccncc2)c1. The molecule has 18 heavy (non-hydrogen) atoms. The Morgan fingerprint density at radius 3 is 2.61 bits per heavy atom. The Hall–Kier alpha value is -2.16. The van der Waals surface area contributed by atoms with Gasteiger partial charge in [0.2, 0.25) is 0 Å². The fraction of sp³-hybridized carbons (Fsp3) is 0.200. The van der Waals surface area contributed by atoms with Crippen molar-refractivity contribution in [1.29, 1.82) is 0 Å². The summed E-state index contributed by atoms with van der Waals surface area (Å²) in [5.74, 6) is -0.00324. The number of carbonyl (C=O) groups is 1. The van der Waals surface area contributed by atoms with Gasteiger partial charge in [0.25, 0.3) is 5.91 Å². The molecule has 2 rings (SSSR count). The maximum atomic E-state index is 12.3. The summed E-state index contributed by atoms with van der Waals surface area (Å²) in [4.78, 5) is 17.9. The number of hydrogen-bond donors (Lipinski definition) is 0. The molecule has 92 valence electrons. The van der Waals surface area contributed by atoms with Crippen molar-refractivity contribution < 1.29 is 4.79 Å². The maximum absolute atomic E-state index is 12.3. The van der Waals surface area contributed by atoms with Gasteiger partial charge in [-0.15, -0.1) is 0 Å². The van der Waals surface area contributed by atoms with E-state index < -0.39 is 0 Å². The molecule has 0 aliphatic heterocycles. The van der Waals surface area contributed by atoms with Crippen molar-refractivity contribution in [3.05, 3.63) is 59.9 Å².